The zero-order valence-corrected chi connectivity index (χ0v) is 16.3. The highest BCUT2D eigenvalue weighted by Gasteiger charge is 2.32. The predicted molar refractivity (Wildman–Crippen MR) is 101 cm³/mol. The molecular weight excluding hydrogens is 423 g/mol. The van der Waals surface area contributed by atoms with Crippen LogP contribution in [0.25, 0.3) is 0 Å². The van der Waals surface area contributed by atoms with Gasteiger partial charge in [0.1, 0.15) is 18.6 Å². The van der Waals surface area contributed by atoms with Crippen molar-refractivity contribution in [2.24, 2.45) is 0 Å². The van der Waals surface area contributed by atoms with E-state index in [4.69, 9.17) is 9.47 Å². The Kier molecular flexibility index (Phi) is 5.87. The molecule has 0 saturated carbocycles. The van der Waals surface area contributed by atoms with Crippen LogP contribution in [0.2, 0.25) is 0 Å². The Morgan fingerprint density at radius 2 is 2.10 bits per heavy atom. The molecule has 2 aliphatic rings. The van der Waals surface area contributed by atoms with Crippen molar-refractivity contribution in [2.75, 3.05) is 37.8 Å². The molecule has 13 heteroatoms. The second-order valence-electron chi connectivity index (χ2n) is 7.12. The van der Waals surface area contributed by atoms with E-state index in [1.54, 1.807) is 10.6 Å². The van der Waals surface area contributed by atoms with E-state index in [-0.39, 0.29) is 30.2 Å². The highest BCUT2D eigenvalue weighted by molar-refractivity contribution is 5.57. The number of rotatable bonds is 6. The number of benzene rings is 1. The molecule has 1 aromatic heterocycles. The summed E-state index contributed by atoms with van der Waals surface area (Å²) in [4.78, 5) is 16.1. The van der Waals surface area contributed by atoms with Gasteiger partial charge < -0.3 is 34.5 Å². The third kappa shape index (κ3) is 5.17. The smallest absolute Gasteiger partial charge is 0.444 e. The van der Waals surface area contributed by atoms with Gasteiger partial charge in [-0.3, -0.25) is 4.57 Å². The molecule has 2 aliphatic heterocycles. The van der Waals surface area contributed by atoms with Crippen LogP contribution in [0.5, 0.6) is 11.8 Å². The van der Waals surface area contributed by atoms with Crippen molar-refractivity contribution in [1.29, 1.82) is 0 Å². The number of halogens is 3. The first kappa shape index (κ1) is 21.2. The molecule has 31 heavy (non-hydrogen) atoms. The number of morpholine rings is 1. The van der Waals surface area contributed by atoms with E-state index in [2.05, 4.69) is 15.0 Å². The summed E-state index contributed by atoms with van der Waals surface area (Å²) in [7, 11) is 0. The fourth-order valence-corrected chi connectivity index (χ4v) is 3.55. The average molecular weight is 443 g/mol. The van der Waals surface area contributed by atoms with Crippen LogP contribution in [0.1, 0.15) is 5.56 Å². The summed E-state index contributed by atoms with van der Waals surface area (Å²) in [5.74, 6) is -0.570. The Hall–Kier alpha value is -3.06. The van der Waals surface area contributed by atoms with Crippen molar-refractivity contribution in [3.05, 3.63) is 40.1 Å². The van der Waals surface area contributed by atoms with Gasteiger partial charge in [-0.1, -0.05) is 6.07 Å². The largest absolute Gasteiger partial charge is 0.573 e. The molecule has 1 N–H and O–H groups in total. The van der Waals surface area contributed by atoms with Crippen LogP contribution in [-0.4, -0.2) is 59.8 Å². The zero-order chi connectivity index (χ0) is 22.0. The van der Waals surface area contributed by atoms with Gasteiger partial charge in [0.25, 0.3) is 0 Å². The molecule has 3 heterocycles. The normalized spacial score (nSPS) is 18.9. The molecule has 1 aromatic carbocycles. The van der Waals surface area contributed by atoms with E-state index in [9.17, 15) is 23.3 Å². The number of nitro groups is 1. The fourth-order valence-electron chi connectivity index (χ4n) is 3.55. The highest BCUT2D eigenvalue weighted by Crippen LogP contribution is 2.31. The Labute approximate surface area is 174 Å². The van der Waals surface area contributed by atoms with Gasteiger partial charge >= 0.3 is 18.2 Å². The number of nitrogens with zero attached hydrogens (tertiary/aromatic N) is 4. The van der Waals surface area contributed by atoms with Crippen LogP contribution in [0.15, 0.2) is 24.4 Å². The maximum absolute atomic E-state index is 12.6. The maximum Gasteiger partial charge on any atom is 0.573 e. The molecule has 0 radical (unpaired) electrons. The van der Waals surface area contributed by atoms with Crippen molar-refractivity contribution in [3.63, 3.8) is 0 Å². The average Bonchev–Trinajstić information content (AvgIpc) is 3.16. The molecule has 0 aliphatic carbocycles. The van der Waals surface area contributed by atoms with Crippen molar-refractivity contribution < 1.29 is 32.3 Å². The summed E-state index contributed by atoms with van der Waals surface area (Å²) in [5, 5.41) is 14.2. The van der Waals surface area contributed by atoms with Gasteiger partial charge in [-0.2, -0.15) is 0 Å². The van der Waals surface area contributed by atoms with Crippen LogP contribution in [-0.2, 0) is 17.8 Å². The number of nitrogens with one attached hydrogen (secondary N) is 1. The summed E-state index contributed by atoms with van der Waals surface area (Å²) < 4.78 is 54.4. The van der Waals surface area contributed by atoms with Crippen molar-refractivity contribution in [2.45, 2.75) is 25.5 Å². The molecule has 0 spiro atoms. The van der Waals surface area contributed by atoms with Crippen LogP contribution < -0.4 is 19.7 Å². The van der Waals surface area contributed by atoms with Gasteiger partial charge in [0, 0.05) is 42.9 Å². The van der Waals surface area contributed by atoms with Crippen LogP contribution in [0, 0.1) is 10.1 Å². The van der Waals surface area contributed by atoms with Gasteiger partial charge in [0.2, 0.25) is 0 Å². The third-order valence-corrected chi connectivity index (χ3v) is 4.97. The van der Waals surface area contributed by atoms with Crippen molar-refractivity contribution >= 4 is 11.5 Å². The van der Waals surface area contributed by atoms with E-state index in [1.807, 2.05) is 4.90 Å². The van der Waals surface area contributed by atoms with Gasteiger partial charge in [-0.05, 0) is 16.6 Å². The topological polar surface area (TPSA) is 104 Å². The first-order chi connectivity index (χ1) is 14.8. The van der Waals surface area contributed by atoms with Gasteiger partial charge in [0.15, 0.2) is 0 Å². The lowest BCUT2D eigenvalue weighted by molar-refractivity contribution is -0.389. The summed E-state index contributed by atoms with van der Waals surface area (Å²) in [6.07, 6.45) is -3.46. The van der Waals surface area contributed by atoms with Crippen molar-refractivity contribution in [1.82, 2.24) is 14.9 Å². The second-order valence-corrected chi connectivity index (χ2v) is 7.12. The lowest BCUT2D eigenvalue weighted by Gasteiger charge is -2.31. The molecule has 2 aromatic rings. The minimum Gasteiger partial charge on any atom is -0.444 e. The Bertz CT molecular complexity index is 945. The van der Waals surface area contributed by atoms with E-state index in [0.29, 0.717) is 45.1 Å². The number of imidazole rings is 1. The molecule has 10 nitrogen and oxygen atoms in total. The lowest BCUT2D eigenvalue weighted by Crippen LogP contribution is -2.42. The second kappa shape index (κ2) is 8.59. The maximum atomic E-state index is 12.6. The first-order valence-electron chi connectivity index (χ1n) is 9.57. The Morgan fingerprint density at radius 3 is 2.81 bits per heavy atom. The number of fused-ring (bicyclic) bond motifs is 1. The van der Waals surface area contributed by atoms with Crippen LogP contribution in [0.3, 0.4) is 0 Å². The molecule has 1 saturated heterocycles. The lowest BCUT2D eigenvalue weighted by atomic mass is 10.1. The quantitative estimate of drug-likeness (QED) is 0.535. The molecule has 0 bridgehead atoms. The SMILES string of the molecule is O=[N+]([O-])c1cn2c(n1)OC[C@@H](NCc1ccc(OC(F)(F)F)cc1N1CCOCC1)C2. The molecule has 168 valence electrons. The van der Waals surface area contributed by atoms with Gasteiger partial charge in [-0.25, -0.2) is 0 Å². The summed E-state index contributed by atoms with van der Waals surface area (Å²) >= 11 is 0. The Morgan fingerprint density at radius 1 is 1.32 bits per heavy atom. The van der Waals surface area contributed by atoms with Crippen LogP contribution >= 0.6 is 0 Å². The standard InChI is InChI=1S/C18H20F3N5O5/c19-18(20,21)31-14-2-1-12(15(7-14)24-3-5-29-6-4-24)8-22-13-9-25-10-16(26(27)28)23-17(25)30-11-13/h1-2,7,10,13,22H,3-6,8-9,11H2/t13-/m0/s1. The number of aromatic nitrogens is 2. The van der Waals surface area contributed by atoms with E-state index >= 15 is 0 Å². The molecular formula is C18H20F3N5O5. The minimum absolute atomic E-state index is 0.162. The van der Waals surface area contributed by atoms with Gasteiger partial charge in [-0.15, -0.1) is 13.2 Å². The fraction of sp³-hybridized carbons (Fsp3) is 0.500. The first-order valence-corrected chi connectivity index (χ1v) is 9.57. The van der Waals surface area contributed by atoms with E-state index < -0.39 is 11.3 Å². The number of ether oxygens (including phenoxy) is 3. The molecule has 1 atom stereocenters. The summed E-state index contributed by atoms with van der Waals surface area (Å²) in [6.45, 7) is 3.10. The van der Waals surface area contributed by atoms with Gasteiger partial charge in [0.05, 0.1) is 19.3 Å². The monoisotopic (exact) mass is 443 g/mol. The molecule has 0 amide bonds. The van der Waals surface area contributed by atoms with Crippen molar-refractivity contribution in [3.8, 4) is 11.8 Å². The zero-order valence-electron chi connectivity index (χ0n) is 16.3. The summed E-state index contributed by atoms with van der Waals surface area (Å²) in [5.41, 5.74) is 1.42. The highest BCUT2D eigenvalue weighted by atomic mass is 19.4. The summed E-state index contributed by atoms with van der Waals surface area (Å²) in [6, 6.07) is 4.28. The minimum atomic E-state index is -4.77. The number of alkyl halides is 3. The number of anilines is 1. The number of hydrogen-bond donors (Lipinski definition) is 1. The van der Waals surface area contributed by atoms with Crippen LogP contribution in [0.4, 0.5) is 24.7 Å². The number of hydrogen-bond acceptors (Lipinski definition) is 8. The van der Waals surface area contributed by atoms with E-state index in [0.717, 1.165) is 5.56 Å². The molecule has 1 fully saturated rings. The Balaban J connectivity index is 1.47. The van der Waals surface area contributed by atoms with E-state index in [1.165, 1.54) is 18.3 Å². The molecule has 4 rings (SSSR count). The predicted octanol–water partition coefficient (Wildman–Crippen LogP) is 2.08. The third-order valence-electron chi connectivity index (χ3n) is 4.97. The molecule has 0 unspecified atom stereocenters.